The number of hydrogen-bond donors (Lipinski definition) is 1. The topological polar surface area (TPSA) is 37.8 Å². The van der Waals surface area contributed by atoms with Gasteiger partial charge in [0.25, 0.3) is 0 Å². The van der Waals surface area contributed by atoms with E-state index in [1.165, 1.54) is 16.0 Å². The van der Waals surface area contributed by atoms with Crippen LogP contribution in [0.3, 0.4) is 0 Å². The normalized spacial score (nSPS) is 10.6. The number of rotatable bonds is 4. The van der Waals surface area contributed by atoms with Crippen molar-refractivity contribution in [3.05, 3.63) is 47.3 Å². The number of aryl methyl sites for hydroxylation is 2. The lowest BCUT2D eigenvalue weighted by molar-refractivity contribution is 0.801. The molecule has 2 aromatic rings. The van der Waals surface area contributed by atoms with Gasteiger partial charge in [0.05, 0.1) is 0 Å². The highest BCUT2D eigenvalue weighted by Gasteiger charge is 2.06. The zero-order valence-corrected chi connectivity index (χ0v) is 11.7. The van der Waals surface area contributed by atoms with Crippen molar-refractivity contribution in [2.24, 2.45) is 0 Å². The van der Waals surface area contributed by atoms with Gasteiger partial charge in [0.2, 0.25) is 0 Å². The standard InChI is InChI=1S/C14H17N3S/c1-10-4-5-13(12(6-10)9-15-3)18-14-16-7-11(2)8-17-14/h4-8,15H,9H2,1-3H3. The van der Waals surface area contributed by atoms with Gasteiger partial charge in [-0.2, -0.15) is 0 Å². The van der Waals surface area contributed by atoms with Gasteiger partial charge in [-0.25, -0.2) is 9.97 Å². The summed E-state index contributed by atoms with van der Waals surface area (Å²) in [7, 11) is 1.96. The smallest absolute Gasteiger partial charge is 0.192 e. The van der Waals surface area contributed by atoms with E-state index in [9.17, 15) is 0 Å². The molecule has 0 aliphatic carbocycles. The highest BCUT2D eigenvalue weighted by molar-refractivity contribution is 7.99. The van der Waals surface area contributed by atoms with E-state index < -0.39 is 0 Å². The first-order valence-electron chi connectivity index (χ1n) is 5.89. The second-order valence-electron chi connectivity index (χ2n) is 4.29. The molecular formula is C14H17N3S. The lowest BCUT2D eigenvalue weighted by Crippen LogP contribution is -2.06. The average molecular weight is 259 g/mol. The number of nitrogens with zero attached hydrogens (tertiary/aromatic N) is 2. The average Bonchev–Trinajstić information content (AvgIpc) is 2.36. The maximum absolute atomic E-state index is 4.33. The fourth-order valence-corrected chi connectivity index (χ4v) is 2.47. The van der Waals surface area contributed by atoms with Crippen molar-refractivity contribution in [2.75, 3.05) is 7.05 Å². The summed E-state index contributed by atoms with van der Waals surface area (Å²) in [5.41, 5.74) is 3.64. The summed E-state index contributed by atoms with van der Waals surface area (Å²) in [6, 6.07) is 6.46. The summed E-state index contributed by atoms with van der Waals surface area (Å²) >= 11 is 1.61. The fraction of sp³-hybridized carbons (Fsp3) is 0.286. The second-order valence-corrected chi connectivity index (χ2v) is 5.30. The van der Waals surface area contributed by atoms with Crippen molar-refractivity contribution >= 4 is 11.8 Å². The quantitative estimate of drug-likeness (QED) is 0.857. The minimum absolute atomic E-state index is 0.793. The molecule has 94 valence electrons. The number of hydrogen-bond acceptors (Lipinski definition) is 4. The predicted molar refractivity (Wildman–Crippen MR) is 74.8 cm³/mol. The van der Waals surface area contributed by atoms with E-state index in [4.69, 9.17) is 0 Å². The Morgan fingerprint density at radius 2 is 1.83 bits per heavy atom. The molecule has 0 amide bonds. The van der Waals surface area contributed by atoms with Crippen LogP contribution in [0.2, 0.25) is 0 Å². The van der Waals surface area contributed by atoms with Crippen LogP contribution >= 0.6 is 11.8 Å². The van der Waals surface area contributed by atoms with Crippen LogP contribution in [0.1, 0.15) is 16.7 Å². The fourth-order valence-electron chi connectivity index (χ4n) is 1.67. The van der Waals surface area contributed by atoms with Crippen LogP contribution < -0.4 is 5.32 Å². The maximum Gasteiger partial charge on any atom is 0.192 e. The van der Waals surface area contributed by atoms with Crippen LogP contribution in [-0.2, 0) is 6.54 Å². The monoisotopic (exact) mass is 259 g/mol. The number of aromatic nitrogens is 2. The molecule has 0 saturated heterocycles. The molecule has 0 atom stereocenters. The summed E-state index contributed by atoms with van der Waals surface area (Å²) in [5.74, 6) is 0. The van der Waals surface area contributed by atoms with Crippen LogP contribution in [0.4, 0.5) is 0 Å². The van der Waals surface area contributed by atoms with Crippen LogP contribution in [0, 0.1) is 13.8 Å². The van der Waals surface area contributed by atoms with Crippen molar-refractivity contribution in [2.45, 2.75) is 30.4 Å². The van der Waals surface area contributed by atoms with Crippen molar-refractivity contribution in [3.8, 4) is 0 Å². The number of benzene rings is 1. The largest absolute Gasteiger partial charge is 0.316 e. The van der Waals surface area contributed by atoms with Crippen molar-refractivity contribution in [1.29, 1.82) is 0 Å². The Balaban J connectivity index is 2.25. The second kappa shape index (κ2) is 5.98. The van der Waals surface area contributed by atoms with Gasteiger partial charge in [0.15, 0.2) is 5.16 Å². The van der Waals surface area contributed by atoms with Gasteiger partial charge in [-0.3, -0.25) is 0 Å². The van der Waals surface area contributed by atoms with Crippen LogP contribution in [0.15, 0.2) is 40.6 Å². The summed E-state index contributed by atoms with van der Waals surface area (Å²) in [5, 5.41) is 3.99. The van der Waals surface area contributed by atoms with Gasteiger partial charge in [-0.05, 0) is 49.9 Å². The first kappa shape index (κ1) is 13.1. The number of nitrogens with one attached hydrogen (secondary N) is 1. The summed E-state index contributed by atoms with van der Waals surface area (Å²) in [4.78, 5) is 9.86. The van der Waals surface area contributed by atoms with Gasteiger partial charge in [0.1, 0.15) is 0 Å². The van der Waals surface area contributed by atoms with Gasteiger partial charge in [0, 0.05) is 23.8 Å². The molecule has 1 N–H and O–H groups in total. The first-order chi connectivity index (χ1) is 8.69. The van der Waals surface area contributed by atoms with Crippen LogP contribution in [-0.4, -0.2) is 17.0 Å². The molecule has 1 heterocycles. The summed E-state index contributed by atoms with van der Waals surface area (Å²) in [6.45, 7) is 4.96. The third kappa shape index (κ3) is 3.31. The van der Waals surface area contributed by atoms with Crippen LogP contribution in [0.5, 0.6) is 0 Å². The lowest BCUT2D eigenvalue weighted by atomic mass is 10.1. The Morgan fingerprint density at radius 1 is 1.11 bits per heavy atom. The Hall–Kier alpha value is -1.39. The van der Waals surface area contributed by atoms with Crippen LogP contribution in [0.25, 0.3) is 0 Å². The molecule has 1 aromatic heterocycles. The third-order valence-electron chi connectivity index (χ3n) is 2.54. The zero-order valence-electron chi connectivity index (χ0n) is 10.9. The molecule has 0 radical (unpaired) electrons. The Kier molecular flexibility index (Phi) is 4.33. The molecule has 3 nitrogen and oxygen atoms in total. The SMILES string of the molecule is CNCc1cc(C)ccc1Sc1ncc(C)cn1. The zero-order chi connectivity index (χ0) is 13.0. The minimum Gasteiger partial charge on any atom is -0.316 e. The van der Waals surface area contributed by atoms with E-state index in [0.717, 1.165) is 17.3 Å². The maximum atomic E-state index is 4.33. The van der Waals surface area contributed by atoms with E-state index in [-0.39, 0.29) is 0 Å². The molecule has 1 aromatic carbocycles. The Labute approximate surface area is 112 Å². The molecule has 0 saturated carbocycles. The van der Waals surface area contributed by atoms with Gasteiger partial charge < -0.3 is 5.32 Å². The molecular weight excluding hydrogens is 242 g/mol. The molecule has 4 heteroatoms. The van der Waals surface area contributed by atoms with Crippen molar-refractivity contribution in [3.63, 3.8) is 0 Å². The Morgan fingerprint density at radius 3 is 2.50 bits per heavy atom. The summed E-state index contributed by atoms with van der Waals surface area (Å²) in [6.07, 6.45) is 3.70. The summed E-state index contributed by atoms with van der Waals surface area (Å²) < 4.78 is 0. The predicted octanol–water partition coefficient (Wildman–Crippen LogP) is 2.96. The van der Waals surface area contributed by atoms with Gasteiger partial charge in [-0.1, -0.05) is 17.7 Å². The van der Waals surface area contributed by atoms with Gasteiger partial charge >= 0.3 is 0 Å². The highest BCUT2D eigenvalue weighted by atomic mass is 32.2. The van der Waals surface area contributed by atoms with E-state index in [0.29, 0.717) is 0 Å². The van der Waals surface area contributed by atoms with E-state index in [2.05, 4.69) is 40.4 Å². The molecule has 0 bridgehead atoms. The molecule has 18 heavy (non-hydrogen) atoms. The van der Waals surface area contributed by atoms with E-state index >= 15 is 0 Å². The van der Waals surface area contributed by atoms with E-state index in [1.54, 1.807) is 11.8 Å². The molecule has 2 rings (SSSR count). The Bertz CT molecular complexity index is 523. The molecule has 0 aliphatic heterocycles. The van der Waals surface area contributed by atoms with Crippen molar-refractivity contribution in [1.82, 2.24) is 15.3 Å². The van der Waals surface area contributed by atoms with E-state index in [1.807, 2.05) is 26.4 Å². The molecule has 0 fully saturated rings. The minimum atomic E-state index is 0.793. The highest BCUT2D eigenvalue weighted by Crippen LogP contribution is 2.28. The van der Waals surface area contributed by atoms with Crippen molar-refractivity contribution < 1.29 is 0 Å². The van der Waals surface area contributed by atoms with Gasteiger partial charge in [-0.15, -0.1) is 0 Å². The molecule has 0 unspecified atom stereocenters. The first-order valence-corrected chi connectivity index (χ1v) is 6.71. The molecule has 0 spiro atoms. The lowest BCUT2D eigenvalue weighted by Gasteiger charge is -2.09. The molecule has 0 aliphatic rings. The third-order valence-corrected chi connectivity index (χ3v) is 3.55.